The van der Waals surface area contributed by atoms with Crippen LogP contribution in [0.3, 0.4) is 0 Å². The van der Waals surface area contributed by atoms with Crippen molar-refractivity contribution < 1.29 is 28.8 Å². The number of nitrogens with zero attached hydrogens (tertiary/aromatic N) is 3. The number of amides is 3. The minimum absolute atomic E-state index is 0.00985. The normalized spacial score (nSPS) is 19.4. The molecular formula is C19H23N3O7. The Morgan fingerprint density at radius 2 is 1.97 bits per heavy atom. The Labute approximate surface area is 167 Å². The molecule has 2 atom stereocenters. The molecule has 1 aliphatic rings. The van der Waals surface area contributed by atoms with Gasteiger partial charge in [0.1, 0.15) is 11.5 Å². The molecule has 0 bridgehead atoms. The molecule has 0 spiro atoms. The van der Waals surface area contributed by atoms with Gasteiger partial charge in [-0.3, -0.25) is 14.9 Å². The average molecular weight is 405 g/mol. The molecule has 1 aromatic carbocycles. The van der Waals surface area contributed by atoms with Crippen molar-refractivity contribution in [3.63, 3.8) is 0 Å². The van der Waals surface area contributed by atoms with Crippen molar-refractivity contribution in [2.24, 2.45) is 10.9 Å². The van der Waals surface area contributed by atoms with E-state index in [2.05, 4.69) is 4.99 Å². The Morgan fingerprint density at radius 1 is 1.31 bits per heavy atom. The van der Waals surface area contributed by atoms with E-state index in [0.29, 0.717) is 4.90 Å². The van der Waals surface area contributed by atoms with E-state index in [1.807, 2.05) is 0 Å². The number of carbonyl (C=O) groups is 3. The molecule has 10 nitrogen and oxygen atoms in total. The zero-order valence-electron chi connectivity index (χ0n) is 16.9. The van der Waals surface area contributed by atoms with Crippen molar-refractivity contribution in [1.82, 2.24) is 4.90 Å². The van der Waals surface area contributed by atoms with Crippen LogP contribution in [0.5, 0.6) is 0 Å². The standard InChI is InChI=1S/C19H23N3O7/c1-6-28-18(25)21-15(12-8-7-9-13(10-12)22(26)27)14(11(2)20-17(21)24)16(23)29-19(3,4)5/h7-10,14-15H,6H2,1-5H3. The first kappa shape index (κ1) is 22.0. The summed E-state index contributed by atoms with van der Waals surface area (Å²) in [7, 11) is 0. The van der Waals surface area contributed by atoms with Gasteiger partial charge in [0.25, 0.3) is 5.69 Å². The summed E-state index contributed by atoms with van der Waals surface area (Å²) in [6.07, 6.45) is -1.00. The van der Waals surface area contributed by atoms with Crippen molar-refractivity contribution in [1.29, 1.82) is 0 Å². The third-order valence-electron chi connectivity index (χ3n) is 4.07. The highest BCUT2D eigenvalue weighted by Crippen LogP contribution is 2.37. The number of nitro benzene ring substituents is 1. The van der Waals surface area contributed by atoms with E-state index < -0.39 is 40.6 Å². The number of imide groups is 1. The van der Waals surface area contributed by atoms with Crippen LogP contribution in [-0.2, 0) is 14.3 Å². The van der Waals surface area contributed by atoms with E-state index in [9.17, 15) is 24.5 Å². The number of non-ortho nitro benzene ring substituents is 1. The second-order valence-electron chi connectivity index (χ2n) is 7.41. The summed E-state index contributed by atoms with van der Waals surface area (Å²) < 4.78 is 10.4. The number of esters is 1. The van der Waals surface area contributed by atoms with E-state index in [1.54, 1.807) is 27.7 Å². The molecule has 10 heteroatoms. The molecule has 3 amide bonds. The van der Waals surface area contributed by atoms with Gasteiger partial charge in [0, 0.05) is 17.8 Å². The quantitative estimate of drug-likeness (QED) is 0.425. The Morgan fingerprint density at radius 3 is 2.52 bits per heavy atom. The van der Waals surface area contributed by atoms with Crippen LogP contribution in [0.25, 0.3) is 0 Å². The average Bonchev–Trinajstić information content (AvgIpc) is 2.59. The minimum atomic E-state index is -1.20. The molecule has 1 aromatic rings. The van der Waals surface area contributed by atoms with Crippen LogP contribution >= 0.6 is 0 Å². The summed E-state index contributed by atoms with van der Waals surface area (Å²) in [5, 5.41) is 11.2. The fraction of sp³-hybridized carbons (Fsp3) is 0.474. The second-order valence-corrected chi connectivity index (χ2v) is 7.41. The first-order chi connectivity index (χ1) is 13.5. The predicted octanol–water partition coefficient (Wildman–Crippen LogP) is 3.65. The van der Waals surface area contributed by atoms with Crippen molar-refractivity contribution in [2.45, 2.75) is 46.3 Å². The van der Waals surface area contributed by atoms with Crippen LogP contribution in [0.15, 0.2) is 29.3 Å². The third-order valence-corrected chi connectivity index (χ3v) is 4.07. The lowest BCUT2D eigenvalue weighted by molar-refractivity contribution is -0.385. The van der Waals surface area contributed by atoms with E-state index >= 15 is 0 Å². The third kappa shape index (κ3) is 4.95. The molecule has 0 aromatic heterocycles. The Balaban J connectivity index is 2.65. The number of benzene rings is 1. The molecule has 0 fully saturated rings. The predicted molar refractivity (Wildman–Crippen MR) is 103 cm³/mol. The number of nitro groups is 1. The molecule has 0 radical (unpaired) electrons. The Hall–Kier alpha value is -3.30. The highest BCUT2D eigenvalue weighted by Gasteiger charge is 2.47. The number of carbonyl (C=O) groups excluding carboxylic acids is 3. The number of aliphatic imine (C=N–C) groups is 1. The molecule has 0 saturated heterocycles. The number of rotatable bonds is 4. The van der Waals surface area contributed by atoms with Gasteiger partial charge in [0.05, 0.1) is 17.6 Å². The van der Waals surface area contributed by atoms with Crippen LogP contribution < -0.4 is 0 Å². The van der Waals surface area contributed by atoms with Crippen molar-refractivity contribution >= 4 is 29.5 Å². The molecule has 0 saturated carbocycles. The van der Waals surface area contributed by atoms with Gasteiger partial charge in [-0.25, -0.2) is 19.5 Å². The van der Waals surface area contributed by atoms with Gasteiger partial charge in [0.2, 0.25) is 0 Å². The zero-order valence-corrected chi connectivity index (χ0v) is 16.9. The molecule has 29 heavy (non-hydrogen) atoms. The van der Waals surface area contributed by atoms with Crippen LogP contribution in [0, 0.1) is 16.0 Å². The molecule has 0 N–H and O–H groups in total. The van der Waals surface area contributed by atoms with Crippen LogP contribution in [0.2, 0.25) is 0 Å². The number of hydrogen-bond acceptors (Lipinski definition) is 7. The molecule has 156 valence electrons. The summed E-state index contributed by atoms with van der Waals surface area (Å²) >= 11 is 0. The maximum Gasteiger partial charge on any atom is 0.418 e. The maximum atomic E-state index is 12.9. The van der Waals surface area contributed by atoms with Crippen molar-refractivity contribution in [2.75, 3.05) is 6.61 Å². The molecule has 1 aliphatic heterocycles. The molecule has 1 heterocycles. The number of ether oxygens (including phenoxy) is 2. The Kier molecular flexibility index (Phi) is 6.35. The number of hydrogen-bond donors (Lipinski definition) is 0. The lowest BCUT2D eigenvalue weighted by atomic mass is 9.86. The molecule has 0 aliphatic carbocycles. The van der Waals surface area contributed by atoms with Crippen LogP contribution in [-0.4, -0.2) is 45.8 Å². The first-order valence-electron chi connectivity index (χ1n) is 8.98. The van der Waals surface area contributed by atoms with Crippen LogP contribution in [0.1, 0.15) is 46.2 Å². The van der Waals surface area contributed by atoms with E-state index in [-0.39, 0.29) is 23.6 Å². The summed E-state index contributed by atoms with van der Waals surface area (Å²) in [5.41, 5.74) is -0.727. The second kappa shape index (κ2) is 8.38. The fourth-order valence-electron chi connectivity index (χ4n) is 2.98. The van der Waals surface area contributed by atoms with Gasteiger partial charge >= 0.3 is 18.1 Å². The van der Waals surface area contributed by atoms with Gasteiger partial charge < -0.3 is 9.47 Å². The first-order valence-corrected chi connectivity index (χ1v) is 8.98. The topological polar surface area (TPSA) is 128 Å². The van der Waals surface area contributed by atoms with Crippen LogP contribution in [0.4, 0.5) is 15.3 Å². The van der Waals surface area contributed by atoms with Crippen molar-refractivity contribution in [3.8, 4) is 0 Å². The van der Waals surface area contributed by atoms with Gasteiger partial charge in [-0.2, -0.15) is 0 Å². The summed E-state index contributed by atoms with van der Waals surface area (Å²) in [4.78, 5) is 53.1. The van der Waals surface area contributed by atoms with Crippen molar-refractivity contribution in [3.05, 3.63) is 39.9 Å². The maximum absolute atomic E-state index is 12.9. The minimum Gasteiger partial charge on any atom is -0.459 e. The largest absolute Gasteiger partial charge is 0.459 e. The lowest BCUT2D eigenvalue weighted by Gasteiger charge is -2.37. The molecule has 2 rings (SSSR count). The van der Waals surface area contributed by atoms with Gasteiger partial charge in [-0.05, 0) is 40.2 Å². The van der Waals surface area contributed by atoms with E-state index in [4.69, 9.17) is 9.47 Å². The highest BCUT2D eigenvalue weighted by molar-refractivity contribution is 6.11. The van der Waals surface area contributed by atoms with E-state index in [1.165, 1.54) is 31.2 Å². The monoisotopic (exact) mass is 405 g/mol. The summed E-state index contributed by atoms with van der Waals surface area (Å²) in [6.45, 7) is 8.06. The van der Waals surface area contributed by atoms with Gasteiger partial charge in [0.15, 0.2) is 0 Å². The van der Waals surface area contributed by atoms with Gasteiger partial charge in [-0.15, -0.1) is 0 Å². The fourth-order valence-corrected chi connectivity index (χ4v) is 2.98. The molecule has 2 unspecified atom stereocenters. The SMILES string of the molecule is CCOC(=O)N1C(=O)N=C(C)C(C(=O)OC(C)(C)C)C1c1cccc([N+](=O)[O-])c1. The summed E-state index contributed by atoms with van der Waals surface area (Å²) in [5.74, 6) is -1.85. The van der Waals surface area contributed by atoms with E-state index in [0.717, 1.165) is 0 Å². The zero-order chi connectivity index (χ0) is 21.9. The van der Waals surface area contributed by atoms with Gasteiger partial charge in [-0.1, -0.05) is 12.1 Å². The smallest absolute Gasteiger partial charge is 0.418 e. The summed E-state index contributed by atoms with van der Waals surface area (Å²) in [6, 6.07) is 3.26. The highest BCUT2D eigenvalue weighted by atomic mass is 16.6. The molecular weight excluding hydrogens is 382 g/mol. The Bertz CT molecular complexity index is 873. The number of urea groups is 1. The lowest BCUT2D eigenvalue weighted by Crippen LogP contribution is -2.50.